The summed E-state index contributed by atoms with van der Waals surface area (Å²) >= 11 is 0. The van der Waals surface area contributed by atoms with Crippen molar-refractivity contribution in [3.63, 3.8) is 0 Å². The van der Waals surface area contributed by atoms with Gasteiger partial charge in [-0.25, -0.2) is 0 Å². The van der Waals surface area contributed by atoms with Gasteiger partial charge in [0.1, 0.15) is 0 Å². The van der Waals surface area contributed by atoms with Gasteiger partial charge in [-0.3, -0.25) is 0 Å². The number of hydrogen-bond donors (Lipinski definition) is 0. The molecule has 0 aromatic rings. The van der Waals surface area contributed by atoms with Crippen molar-refractivity contribution in [3.05, 3.63) is 12.3 Å². The van der Waals surface area contributed by atoms with Gasteiger partial charge in [-0.05, 0) is 25.7 Å². The zero-order valence-electron chi connectivity index (χ0n) is 9.89. The van der Waals surface area contributed by atoms with Gasteiger partial charge in [-0.15, -0.1) is 0 Å². The van der Waals surface area contributed by atoms with Gasteiger partial charge in [0.2, 0.25) is 0 Å². The smallest absolute Gasteiger partial charge is 0.0177 e. The zero-order chi connectivity index (χ0) is 10.4. The Morgan fingerprint density at radius 3 is 2.43 bits per heavy atom. The van der Waals surface area contributed by atoms with Crippen LogP contribution in [0.15, 0.2) is 12.3 Å². The molecule has 1 heterocycles. The highest BCUT2D eigenvalue weighted by Crippen LogP contribution is 2.24. The van der Waals surface area contributed by atoms with Gasteiger partial charge < -0.3 is 4.90 Å². The summed E-state index contributed by atoms with van der Waals surface area (Å²) in [6.07, 6.45) is 8.44. The van der Waals surface area contributed by atoms with Crippen LogP contribution in [0.25, 0.3) is 0 Å². The zero-order valence-corrected chi connectivity index (χ0v) is 9.89. The normalized spacial score (nSPS) is 18.6. The Kier molecular flexibility index (Phi) is 5.06. The molecule has 0 atom stereocenters. The minimum atomic E-state index is 0.997. The Hall–Kier alpha value is -0.460. The molecule has 0 aromatic carbocycles. The van der Waals surface area contributed by atoms with Crippen molar-refractivity contribution < 1.29 is 0 Å². The molecule has 1 nitrogen and oxygen atoms in total. The molecule has 0 N–H and O–H groups in total. The van der Waals surface area contributed by atoms with Crippen molar-refractivity contribution in [2.24, 2.45) is 5.92 Å². The van der Waals surface area contributed by atoms with Crippen LogP contribution in [0.1, 0.15) is 52.4 Å². The van der Waals surface area contributed by atoms with E-state index in [-0.39, 0.29) is 0 Å². The molecule has 14 heavy (non-hydrogen) atoms. The van der Waals surface area contributed by atoms with Crippen LogP contribution in [0, 0.1) is 5.92 Å². The van der Waals surface area contributed by atoms with E-state index in [9.17, 15) is 0 Å². The Labute approximate surface area is 89.2 Å². The number of unbranched alkanes of at least 4 members (excludes halogenated alkanes) is 2. The van der Waals surface area contributed by atoms with Crippen molar-refractivity contribution in [1.29, 1.82) is 0 Å². The van der Waals surface area contributed by atoms with Crippen LogP contribution in [0.3, 0.4) is 0 Å². The average Bonchev–Trinajstić information content (AvgIpc) is 2.19. The molecule has 1 heteroatoms. The fourth-order valence-corrected chi connectivity index (χ4v) is 2.29. The minimum Gasteiger partial charge on any atom is -0.376 e. The fourth-order valence-electron chi connectivity index (χ4n) is 2.29. The number of likely N-dealkylation sites (tertiary alicyclic amines) is 1. The first-order valence-electron chi connectivity index (χ1n) is 6.14. The lowest BCUT2D eigenvalue weighted by atomic mass is 9.91. The molecule has 0 amide bonds. The molecule has 0 unspecified atom stereocenters. The van der Waals surface area contributed by atoms with E-state index in [4.69, 9.17) is 0 Å². The van der Waals surface area contributed by atoms with Crippen molar-refractivity contribution in [2.45, 2.75) is 52.4 Å². The molecule has 0 aliphatic carbocycles. The van der Waals surface area contributed by atoms with Crippen molar-refractivity contribution in [2.75, 3.05) is 13.1 Å². The van der Waals surface area contributed by atoms with E-state index in [2.05, 4.69) is 25.3 Å². The van der Waals surface area contributed by atoms with E-state index in [1.54, 1.807) is 0 Å². The molecule has 1 rings (SSSR count). The molecule has 82 valence electrons. The molecular weight excluding hydrogens is 170 g/mol. The summed E-state index contributed by atoms with van der Waals surface area (Å²) in [6.45, 7) is 10.9. The maximum absolute atomic E-state index is 4.01. The van der Waals surface area contributed by atoms with Crippen LogP contribution in [0.4, 0.5) is 0 Å². The third-order valence-electron chi connectivity index (χ3n) is 3.37. The van der Waals surface area contributed by atoms with E-state index in [0.29, 0.717) is 0 Å². The predicted octanol–water partition coefficient (Wildman–Crippen LogP) is 3.81. The third-order valence-corrected chi connectivity index (χ3v) is 3.37. The van der Waals surface area contributed by atoms with Crippen LogP contribution in [-0.4, -0.2) is 18.0 Å². The fraction of sp³-hybridized carbons (Fsp3) is 0.846. The first-order valence-corrected chi connectivity index (χ1v) is 6.14. The summed E-state index contributed by atoms with van der Waals surface area (Å²) in [4.78, 5) is 2.43. The molecular formula is C13H25N. The topological polar surface area (TPSA) is 3.24 Å². The number of rotatable bonds is 5. The Balaban J connectivity index is 2.12. The van der Waals surface area contributed by atoms with E-state index >= 15 is 0 Å². The molecule has 1 aliphatic rings. The second kappa shape index (κ2) is 6.10. The van der Waals surface area contributed by atoms with Gasteiger partial charge in [0.25, 0.3) is 0 Å². The van der Waals surface area contributed by atoms with Crippen LogP contribution < -0.4 is 0 Å². The molecule has 0 radical (unpaired) electrons. The summed E-state index contributed by atoms with van der Waals surface area (Å²) in [5.41, 5.74) is 1.25. The van der Waals surface area contributed by atoms with E-state index in [1.807, 2.05) is 0 Å². The van der Waals surface area contributed by atoms with Crippen molar-refractivity contribution in [3.8, 4) is 0 Å². The van der Waals surface area contributed by atoms with Gasteiger partial charge in [0, 0.05) is 18.8 Å². The highest BCUT2D eigenvalue weighted by Gasteiger charge is 2.17. The van der Waals surface area contributed by atoms with Crippen LogP contribution >= 0.6 is 0 Å². The molecule has 1 fully saturated rings. The Morgan fingerprint density at radius 1 is 1.29 bits per heavy atom. The van der Waals surface area contributed by atoms with Gasteiger partial charge in [0.05, 0.1) is 0 Å². The summed E-state index contributed by atoms with van der Waals surface area (Å²) in [7, 11) is 0. The Morgan fingerprint density at radius 2 is 1.93 bits per heavy atom. The largest absolute Gasteiger partial charge is 0.376 e. The van der Waals surface area contributed by atoms with Gasteiger partial charge in [-0.2, -0.15) is 0 Å². The highest BCUT2D eigenvalue weighted by molar-refractivity contribution is 4.91. The van der Waals surface area contributed by atoms with Crippen molar-refractivity contribution >= 4 is 0 Å². The number of hydrogen-bond acceptors (Lipinski definition) is 1. The lowest BCUT2D eigenvalue weighted by molar-refractivity contribution is 0.217. The SMILES string of the molecule is C=C(C)N1CCC(CCCCC)CC1. The predicted molar refractivity (Wildman–Crippen MR) is 63.3 cm³/mol. The summed E-state index contributed by atoms with van der Waals surface area (Å²) < 4.78 is 0. The number of nitrogens with zero attached hydrogens (tertiary/aromatic N) is 1. The molecule has 1 aliphatic heterocycles. The molecule has 0 spiro atoms. The summed E-state index contributed by atoms with van der Waals surface area (Å²) in [5.74, 6) is 0.997. The van der Waals surface area contributed by atoms with E-state index < -0.39 is 0 Å². The van der Waals surface area contributed by atoms with Crippen LogP contribution in [-0.2, 0) is 0 Å². The number of allylic oxidation sites excluding steroid dienone is 1. The Bertz CT molecular complexity index is 166. The summed E-state index contributed by atoms with van der Waals surface area (Å²) in [5, 5.41) is 0. The van der Waals surface area contributed by atoms with Crippen molar-refractivity contribution in [1.82, 2.24) is 4.90 Å². The van der Waals surface area contributed by atoms with Gasteiger partial charge in [0.15, 0.2) is 0 Å². The molecule has 0 aromatic heterocycles. The highest BCUT2D eigenvalue weighted by atomic mass is 15.1. The second-order valence-electron chi connectivity index (χ2n) is 4.66. The van der Waals surface area contributed by atoms with Gasteiger partial charge in [-0.1, -0.05) is 39.2 Å². The van der Waals surface area contributed by atoms with Crippen LogP contribution in [0.2, 0.25) is 0 Å². The molecule has 0 saturated carbocycles. The second-order valence-corrected chi connectivity index (χ2v) is 4.66. The first kappa shape index (κ1) is 11.6. The van der Waals surface area contributed by atoms with E-state index in [1.165, 1.54) is 57.3 Å². The summed E-state index contributed by atoms with van der Waals surface area (Å²) in [6, 6.07) is 0. The molecule has 0 bridgehead atoms. The maximum Gasteiger partial charge on any atom is 0.0177 e. The third kappa shape index (κ3) is 3.73. The maximum atomic E-state index is 4.01. The van der Waals surface area contributed by atoms with E-state index in [0.717, 1.165) is 5.92 Å². The van der Waals surface area contributed by atoms with Crippen LogP contribution in [0.5, 0.6) is 0 Å². The lowest BCUT2D eigenvalue weighted by Crippen LogP contribution is -2.31. The lowest BCUT2D eigenvalue weighted by Gasteiger charge is -2.33. The number of piperidine rings is 1. The average molecular weight is 195 g/mol. The van der Waals surface area contributed by atoms with Gasteiger partial charge >= 0.3 is 0 Å². The monoisotopic (exact) mass is 195 g/mol. The minimum absolute atomic E-state index is 0.997. The quantitative estimate of drug-likeness (QED) is 0.603. The first-order chi connectivity index (χ1) is 6.74. The molecule has 1 saturated heterocycles. The standard InChI is InChI=1S/C13H25N/c1-4-5-6-7-13-8-10-14(11-9-13)12(2)3/h13H,2,4-11H2,1,3H3.